The van der Waals surface area contributed by atoms with Crippen LogP contribution < -0.4 is 10.2 Å². The fraction of sp³-hybridized carbons (Fsp3) is 0.240. The lowest BCUT2D eigenvalue weighted by atomic mass is 9.92. The minimum Gasteiger partial charge on any atom is -0.346 e. The Morgan fingerprint density at radius 3 is 2.49 bits per heavy atom. The molecule has 1 amide bonds. The number of alkyl halides is 4. The summed E-state index contributed by atoms with van der Waals surface area (Å²) in [5, 5.41) is 11.6. The van der Waals surface area contributed by atoms with Crippen molar-refractivity contribution in [2.45, 2.75) is 30.7 Å². The van der Waals surface area contributed by atoms with Gasteiger partial charge < -0.3 is 5.32 Å². The second-order valence-corrected chi connectivity index (χ2v) is 11.0. The van der Waals surface area contributed by atoms with Crippen LogP contribution in [-0.4, -0.2) is 36.9 Å². The van der Waals surface area contributed by atoms with E-state index in [9.17, 15) is 30.8 Å². The smallest absolute Gasteiger partial charge is 0.346 e. The minimum absolute atomic E-state index is 0.145. The van der Waals surface area contributed by atoms with E-state index in [1.54, 1.807) is 30.3 Å². The molecular formula is C25H19F4N3O3S2. The number of carbonyl (C=O) groups excluding carboxylic acids is 1. The molecule has 2 atom stereocenters. The zero-order valence-electron chi connectivity index (χ0n) is 19.0. The molecule has 192 valence electrons. The summed E-state index contributed by atoms with van der Waals surface area (Å²) in [5.41, 5.74) is -3.43. The standard InChI is InChI=1S/C25H19F4N3O3S2/c26-18-7-10-20(11-8-18)37(34,35)15-24(13-16-4-2-1-3-5-16)22(33)32(23(36)31-24)19-9-6-17(14-30)21(12-19)25(27,28)29/h1-7,9-12,18H,8,13,15H2,(H,31,36). The Bertz CT molecular complexity index is 1460. The number of allylic oxidation sites excluding steroid dienone is 3. The van der Waals surface area contributed by atoms with Crippen molar-refractivity contribution >= 4 is 38.8 Å². The van der Waals surface area contributed by atoms with Crippen molar-refractivity contribution in [3.05, 3.63) is 88.4 Å². The lowest BCUT2D eigenvalue weighted by Gasteiger charge is -2.28. The van der Waals surface area contributed by atoms with Gasteiger partial charge in [0.05, 0.1) is 33.5 Å². The quantitative estimate of drug-likeness (QED) is 0.425. The van der Waals surface area contributed by atoms with Crippen LogP contribution in [0.25, 0.3) is 0 Å². The number of amides is 1. The average molecular weight is 550 g/mol. The van der Waals surface area contributed by atoms with E-state index in [1.807, 2.05) is 0 Å². The van der Waals surface area contributed by atoms with E-state index in [0.29, 0.717) is 11.6 Å². The first-order valence-corrected chi connectivity index (χ1v) is 13.0. The van der Waals surface area contributed by atoms with Gasteiger partial charge in [-0.15, -0.1) is 0 Å². The van der Waals surface area contributed by atoms with Crippen LogP contribution in [0.15, 0.2) is 71.7 Å². The van der Waals surface area contributed by atoms with Gasteiger partial charge in [-0.05, 0) is 48.1 Å². The van der Waals surface area contributed by atoms with Crippen molar-refractivity contribution in [3.63, 3.8) is 0 Å². The molecule has 1 saturated heterocycles. The number of anilines is 1. The fourth-order valence-electron chi connectivity index (χ4n) is 4.28. The molecule has 0 spiro atoms. The molecule has 2 aromatic rings. The Balaban J connectivity index is 1.78. The van der Waals surface area contributed by atoms with Crippen LogP contribution in [0.2, 0.25) is 0 Å². The third-order valence-electron chi connectivity index (χ3n) is 6.01. The van der Waals surface area contributed by atoms with Crippen LogP contribution in [0.3, 0.4) is 0 Å². The molecule has 37 heavy (non-hydrogen) atoms. The molecule has 0 aromatic heterocycles. The summed E-state index contributed by atoms with van der Waals surface area (Å²) < 4.78 is 80.9. The van der Waals surface area contributed by atoms with E-state index in [0.717, 1.165) is 29.2 Å². The van der Waals surface area contributed by atoms with Crippen molar-refractivity contribution < 1.29 is 30.8 Å². The van der Waals surface area contributed by atoms with Crippen molar-refractivity contribution in [1.82, 2.24) is 5.32 Å². The SMILES string of the molecule is N#Cc1ccc(N2C(=O)C(Cc3ccccc3)(CS(=O)(=O)C3=CCC(F)C=C3)NC2=S)cc1C(F)(F)F. The Kier molecular flexibility index (Phi) is 6.96. The molecule has 0 saturated carbocycles. The van der Waals surface area contributed by atoms with E-state index >= 15 is 0 Å². The van der Waals surface area contributed by atoms with Crippen LogP contribution in [0, 0.1) is 11.3 Å². The van der Waals surface area contributed by atoms with Crippen LogP contribution in [-0.2, 0) is 27.2 Å². The number of benzene rings is 2. The lowest BCUT2D eigenvalue weighted by molar-refractivity contribution is -0.137. The summed E-state index contributed by atoms with van der Waals surface area (Å²) >= 11 is 5.30. The maximum atomic E-state index is 13.8. The molecule has 4 rings (SSSR count). The van der Waals surface area contributed by atoms with Gasteiger partial charge in [-0.3, -0.25) is 9.69 Å². The van der Waals surface area contributed by atoms with Crippen molar-refractivity contribution in [2.24, 2.45) is 0 Å². The molecular weight excluding hydrogens is 530 g/mol. The first-order chi connectivity index (χ1) is 17.4. The number of hydrogen-bond donors (Lipinski definition) is 1. The largest absolute Gasteiger partial charge is 0.417 e. The fourth-order valence-corrected chi connectivity index (χ4v) is 6.42. The number of nitriles is 1. The van der Waals surface area contributed by atoms with Crippen molar-refractivity contribution in [1.29, 1.82) is 5.26 Å². The topological polar surface area (TPSA) is 90.3 Å². The van der Waals surface area contributed by atoms with Gasteiger partial charge in [-0.2, -0.15) is 18.4 Å². The minimum atomic E-state index is -4.88. The highest BCUT2D eigenvalue weighted by Crippen LogP contribution is 2.37. The van der Waals surface area contributed by atoms with E-state index in [1.165, 1.54) is 12.1 Å². The van der Waals surface area contributed by atoms with Gasteiger partial charge in [0.1, 0.15) is 11.7 Å². The second kappa shape index (κ2) is 9.72. The number of rotatable bonds is 6. The summed E-state index contributed by atoms with van der Waals surface area (Å²) in [6.45, 7) is 0. The highest BCUT2D eigenvalue weighted by Gasteiger charge is 2.53. The number of halogens is 4. The Morgan fingerprint density at radius 2 is 1.89 bits per heavy atom. The van der Waals surface area contributed by atoms with Crippen LogP contribution in [0.1, 0.15) is 23.1 Å². The highest BCUT2D eigenvalue weighted by atomic mass is 32.2. The Labute approximate surface area is 215 Å². The maximum Gasteiger partial charge on any atom is 0.417 e. The molecule has 2 aliphatic rings. The predicted octanol–water partition coefficient (Wildman–Crippen LogP) is 4.38. The number of nitrogens with one attached hydrogen (secondary N) is 1. The first kappa shape index (κ1) is 26.5. The monoisotopic (exact) mass is 549 g/mol. The zero-order chi connectivity index (χ0) is 27.0. The van der Waals surface area contributed by atoms with E-state index in [2.05, 4.69) is 5.32 Å². The third kappa shape index (κ3) is 5.28. The van der Waals surface area contributed by atoms with Crippen molar-refractivity contribution in [2.75, 3.05) is 10.7 Å². The molecule has 1 heterocycles. The Morgan fingerprint density at radius 1 is 1.19 bits per heavy atom. The number of sulfone groups is 1. The van der Waals surface area contributed by atoms with Crippen LogP contribution in [0.4, 0.5) is 23.2 Å². The van der Waals surface area contributed by atoms with Gasteiger partial charge in [0, 0.05) is 12.8 Å². The number of nitrogens with zero attached hydrogens (tertiary/aromatic N) is 2. The molecule has 6 nitrogen and oxygen atoms in total. The van der Waals surface area contributed by atoms with Crippen LogP contribution >= 0.6 is 12.2 Å². The Hall–Kier alpha value is -3.56. The van der Waals surface area contributed by atoms with Gasteiger partial charge in [0.2, 0.25) is 0 Å². The van der Waals surface area contributed by atoms with Gasteiger partial charge in [-0.25, -0.2) is 12.8 Å². The predicted molar refractivity (Wildman–Crippen MR) is 133 cm³/mol. The summed E-state index contributed by atoms with van der Waals surface area (Å²) in [7, 11) is -4.16. The molecule has 1 fully saturated rings. The molecule has 2 unspecified atom stereocenters. The third-order valence-corrected chi connectivity index (χ3v) is 8.19. The summed E-state index contributed by atoms with van der Waals surface area (Å²) in [5.74, 6) is -1.65. The number of hydrogen-bond acceptors (Lipinski definition) is 5. The summed E-state index contributed by atoms with van der Waals surface area (Å²) in [6, 6.07) is 12.6. The van der Waals surface area contributed by atoms with Gasteiger partial charge in [0.25, 0.3) is 5.91 Å². The van der Waals surface area contributed by atoms with Gasteiger partial charge in [0.15, 0.2) is 14.9 Å². The number of thiocarbonyl (C=S) groups is 1. The second-order valence-electron chi connectivity index (χ2n) is 8.63. The molecule has 12 heteroatoms. The molecule has 0 bridgehead atoms. The zero-order valence-corrected chi connectivity index (χ0v) is 20.6. The molecule has 1 N–H and O–H groups in total. The highest BCUT2D eigenvalue weighted by molar-refractivity contribution is 7.95. The van der Waals surface area contributed by atoms with E-state index in [4.69, 9.17) is 17.5 Å². The molecule has 2 aromatic carbocycles. The number of carbonyl (C=O) groups is 1. The lowest BCUT2D eigenvalue weighted by Crippen LogP contribution is -2.54. The van der Waals surface area contributed by atoms with Crippen molar-refractivity contribution in [3.8, 4) is 6.07 Å². The maximum absolute atomic E-state index is 13.8. The summed E-state index contributed by atoms with van der Waals surface area (Å²) in [6.07, 6.45) is -3.04. The molecule has 1 aliphatic heterocycles. The first-order valence-electron chi connectivity index (χ1n) is 10.9. The average Bonchev–Trinajstić information content (AvgIpc) is 3.07. The molecule has 1 aliphatic carbocycles. The van der Waals surface area contributed by atoms with E-state index < -0.39 is 50.5 Å². The molecule has 0 radical (unpaired) electrons. The van der Waals surface area contributed by atoms with Gasteiger partial charge >= 0.3 is 6.18 Å². The van der Waals surface area contributed by atoms with E-state index in [-0.39, 0.29) is 28.5 Å². The normalized spacial score (nSPS) is 22.0. The van der Waals surface area contributed by atoms with Crippen LogP contribution in [0.5, 0.6) is 0 Å². The van der Waals surface area contributed by atoms with Gasteiger partial charge in [-0.1, -0.05) is 36.4 Å². The summed E-state index contributed by atoms with van der Waals surface area (Å²) in [4.78, 5) is 14.5.